The molecule has 2 aromatic carbocycles. The first-order valence-electron chi connectivity index (χ1n) is 9.15. The lowest BCUT2D eigenvalue weighted by Crippen LogP contribution is -2.22. The largest absolute Gasteiger partial charge is 0.305 e. The summed E-state index contributed by atoms with van der Waals surface area (Å²) >= 11 is 2.63. The van der Waals surface area contributed by atoms with E-state index in [1.807, 2.05) is 35.7 Å². The van der Waals surface area contributed by atoms with Gasteiger partial charge in [-0.15, -0.1) is 21.5 Å². The van der Waals surface area contributed by atoms with E-state index >= 15 is 0 Å². The predicted molar refractivity (Wildman–Crippen MR) is 118 cm³/mol. The van der Waals surface area contributed by atoms with E-state index in [4.69, 9.17) is 0 Å². The third-order valence-electron chi connectivity index (χ3n) is 4.40. The van der Waals surface area contributed by atoms with Crippen LogP contribution in [0.2, 0.25) is 0 Å². The Balaban J connectivity index is 1.43. The number of carbonyl (C=O) groups excluding carboxylic acids is 1. The Bertz CT molecular complexity index is 1180. The van der Waals surface area contributed by atoms with E-state index in [9.17, 15) is 9.18 Å². The second-order valence-electron chi connectivity index (χ2n) is 6.50. The fraction of sp³-hybridized carbons (Fsp3) is 0.143. The van der Waals surface area contributed by atoms with Crippen molar-refractivity contribution in [1.29, 1.82) is 0 Å². The number of halogens is 1. The zero-order valence-corrected chi connectivity index (χ0v) is 17.9. The number of carbonyl (C=O) groups is 1. The number of nitrogens with zero attached hydrogens (tertiary/aromatic N) is 4. The summed E-state index contributed by atoms with van der Waals surface area (Å²) in [7, 11) is 1.75. The van der Waals surface area contributed by atoms with Gasteiger partial charge in [0.1, 0.15) is 5.82 Å². The van der Waals surface area contributed by atoms with Crippen LogP contribution in [0.3, 0.4) is 0 Å². The Kier molecular flexibility index (Phi) is 5.91. The van der Waals surface area contributed by atoms with Gasteiger partial charge in [-0.2, -0.15) is 0 Å². The maximum Gasteiger partial charge on any atom is 0.239 e. The summed E-state index contributed by atoms with van der Waals surface area (Å²) in [5.74, 6) is -0.145. The highest BCUT2D eigenvalue weighted by atomic mass is 32.2. The van der Waals surface area contributed by atoms with Crippen molar-refractivity contribution >= 4 is 34.1 Å². The van der Waals surface area contributed by atoms with Crippen LogP contribution in [-0.4, -0.2) is 30.9 Å². The third-order valence-corrected chi connectivity index (χ3v) is 6.30. The van der Waals surface area contributed by atoms with Gasteiger partial charge in [0.2, 0.25) is 5.91 Å². The lowest BCUT2D eigenvalue weighted by atomic mass is 10.2. The molecule has 4 rings (SSSR count). The number of benzene rings is 2. The molecule has 1 atom stereocenters. The number of thioether (sulfide) groups is 1. The molecule has 0 aliphatic heterocycles. The van der Waals surface area contributed by atoms with Crippen molar-refractivity contribution in [3.05, 3.63) is 65.8 Å². The third kappa shape index (κ3) is 4.27. The number of amides is 1. The van der Waals surface area contributed by atoms with Crippen LogP contribution in [-0.2, 0) is 11.8 Å². The topological polar surface area (TPSA) is 72.7 Å². The summed E-state index contributed by atoms with van der Waals surface area (Å²) in [6.45, 7) is 1.78. The Morgan fingerprint density at radius 3 is 2.63 bits per heavy atom. The lowest BCUT2D eigenvalue weighted by molar-refractivity contribution is -0.115. The number of aromatic nitrogens is 4. The summed E-state index contributed by atoms with van der Waals surface area (Å²) < 4.78 is 15.7. The second kappa shape index (κ2) is 8.76. The van der Waals surface area contributed by atoms with Gasteiger partial charge < -0.3 is 9.88 Å². The van der Waals surface area contributed by atoms with E-state index in [0.717, 1.165) is 11.3 Å². The molecule has 0 radical (unpaired) electrons. The maximum atomic E-state index is 14.1. The molecule has 6 nitrogen and oxygen atoms in total. The van der Waals surface area contributed by atoms with Crippen molar-refractivity contribution in [3.8, 4) is 22.6 Å². The first-order valence-corrected chi connectivity index (χ1v) is 10.9. The molecule has 0 saturated carbocycles. The molecule has 4 aromatic rings. The number of anilines is 1. The van der Waals surface area contributed by atoms with Crippen molar-refractivity contribution in [2.75, 3.05) is 5.32 Å². The van der Waals surface area contributed by atoms with Crippen LogP contribution in [0.25, 0.3) is 22.6 Å². The molecule has 9 heteroatoms. The summed E-state index contributed by atoms with van der Waals surface area (Å²) in [4.78, 5) is 17.1. The molecule has 1 amide bonds. The first kappa shape index (κ1) is 20.2. The summed E-state index contributed by atoms with van der Waals surface area (Å²) in [6.07, 6.45) is 0. The highest BCUT2D eigenvalue weighted by Gasteiger charge is 2.21. The molecular formula is C21H18FN5OS2. The van der Waals surface area contributed by atoms with Crippen molar-refractivity contribution in [1.82, 2.24) is 19.7 Å². The summed E-state index contributed by atoms with van der Waals surface area (Å²) in [5.41, 5.74) is 2.18. The quantitative estimate of drug-likeness (QED) is 0.434. The SMILES string of the molecule is CC(Sc1nnc(-c2ccccc2F)n1C)C(=O)Nc1nc(-c2ccccc2)cs1. The summed E-state index contributed by atoms with van der Waals surface area (Å²) in [6, 6.07) is 16.2. The van der Waals surface area contributed by atoms with Gasteiger partial charge in [0.15, 0.2) is 16.1 Å². The summed E-state index contributed by atoms with van der Waals surface area (Å²) in [5, 5.41) is 13.6. The van der Waals surface area contributed by atoms with Gasteiger partial charge >= 0.3 is 0 Å². The minimum atomic E-state index is -0.439. The number of hydrogen-bond donors (Lipinski definition) is 1. The highest BCUT2D eigenvalue weighted by molar-refractivity contribution is 8.00. The Labute approximate surface area is 181 Å². The van der Waals surface area contributed by atoms with Gasteiger partial charge in [-0.3, -0.25) is 4.79 Å². The number of nitrogens with one attached hydrogen (secondary N) is 1. The fourth-order valence-electron chi connectivity index (χ4n) is 2.79. The number of hydrogen-bond acceptors (Lipinski definition) is 6. The molecule has 0 aliphatic carbocycles. The van der Waals surface area contributed by atoms with E-state index in [0.29, 0.717) is 21.7 Å². The van der Waals surface area contributed by atoms with Crippen LogP contribution in [0, 0.1) is 5.82 Å². The van der Waals surface area contributed by atoms with Gasteiger partial charge in [0.25, 0.3) is 0 Å². The zero-order chi connectivity index (χ0) is 21.1. The van der Waals surface area contributed by atoms with Crippen molar-refractivity contribution in [3.63, 3.8) is 0 Å². The smallest absolute Gasteiger partial charge is 0.239 e. The molecule has 2 aromatic heterocycles. The minimum absolute atomic E-state index is 0.190. The molecule has 0 spiro atoms. The van der Waals surface area contributed by atoms with Crippen LogP contribution in [0.1, 0.15) is 6.92 Å². The molecule has 1 N–H and O–H groups in total. The second-order valence-corrected chi connectivity index (χ2v) is 8.66. The van der Waals surface area contributed by atoms with Crippen LogP contribution >= 0.6 is 23.1 Å². The molecule has 0 fully saturated rings. The van der Waals surface area contributed by atoms with E-state index < -0.39 is 5.25 Å². The maximum absolute atomic E-state index is 14.1. The average molecular weight is 440 g/mol. The van der Waals surface area contributed by atoms with E-state index in [1.54, 1.807) is 36.7 Å². The van der Waals surface area contributed by atoms with Crippen LogP contribution in [0.5, 0.6) is 0 Å². The van der Waals surface area contributed by atoms with Gasteiger partial charge in [-0.25, -0.2) is 9.37 Å². The fourth-order valence-corrected chi connectivity index (χ4v) is 4.32. The molecule has 0 aliphatic rings. The monoisotopic (exact) mass is 439 g/mol. The average Bonchev–Trinajstić information content (AvgIpc) is 3.36. The van der Waals surface area contributed by atoms with Crippen LogP contribution < -0.4 is 5.32 Å². The van der Waals surface area contributed by atoms with E-state index in [1.165, 1.54) is 29.2 Å². The van der Waals surface area contributed by atoms with Crippen molar-refractivity contribution in [2.45, 2.75) is 17.3 Å². The predicted octanol–water partition coefficient (Wildman–Crippen LogP) is 4.86. The molecule has 0 bridgehead atoms. The van der Waals surface area contributed by atoms with Crippen molar-refractivity contribution in [2.24, 2.45) is 7.05 Å². The first-order chi connectivity index (χ1) is 14.5. The Morgan fingerprint density at radius 2 is 1.87 bits per heavy atom. The molecule has 1 unspecified atom stereocenters. The van der Waals surface area contributed by atoms with E-state index in [-0.39, 0.29) is 11.7 Å². The minimum Gasteiger partial charge on any atom is -0.305 e. The van der Waals surface area contributed by atoms with E-state index in [2.05, 4.69) is 20.5 Å². The van der Waals surface area contributed by atoms with Crippen LogP contribution in [0.15, 0.2) is 65.1 Å². The standard InChI is InChI=1S/C21H18FN5OS2/c1-13(19(28)24-20-23-17(12-29-20)14-8-4-3-5-9-14)30-21-26-25-18(27(21)2)15-10-6-7-11-16(15)22/h3-13H,1-2H3,(H,23,24,28). The Morgan fingerprint density at radius 1 is 1.13 bits per heavy atom. The van der Waals surface area contributed by atoms with Gasteiger partial charge in [0, 0.05) is 18.0 Å². The number of rotatable bonds is 6. The zero-order valence-electron chi connectivity index (χ0n) is 16.2. The normalized spacial score (nSPS) is 12.0. The number of thiazole rings is 1. The molecule has 0 saturated heterocycles. The van der Waals surface area contributed by atoms with Gasteiger partial charge in [-0.1, -0.05) is 54.2 Å². The van der Waals surface area contributed by atoms with Gasteiger partial charge in [0.05, 0.1) is 16.5 Å². The highest BCUT2D eigenvalue weighted by Crippen LogP contribution is 2.29. The molecule has 30 heavy (non-hydrogen) atoms. The Hall–Kier alpha value is -3.04. The molecular weight excluding hydrogens is 421 g/mol. The lowest BCUT2D eigenvalue weighted by Gasteiger charge is -2.10. The molecule has 2 heterocycles. The van der Waals surface area contributed by atoms with Crippen LogP contribution in [0.4, 0.5) is 9.52 Å². The van der Waals surface area contributed by atoms with Crippen molar-refractivity contribution < 1.29 is 9.18 Å². The van der Waals surface area contributed by atoms with Gasteiger partial charge in [-0.05, 0) is 19.1 Å². The molecule has 152 valence electrons.